The van der Waals surface area contributed by atoms with Crippen molar-refractivity contribution in [1.29, 1.82) is 0 Å². The van der Waals surface area contributed by atoms with Gasteiger partial charge in [0.1, 0.15) is 0 Å². The molecule has 0 aliphatic carbocycles. The molecule has 0 aromatic heterocycles. The third kappa shape index (κ3) is 4.84. The van der Waals surface area contributed by atoms with Crippen LogP contribution in [0.15, 0.2) is 48.5 Å². The van der Waals surface area contributed by atoms with Crippen LogP contribution in [0.4, 0.5) is 11.4 Å². The summed E-state index contributed by atoms with van der Waals surface area (Å²) in [7, 11) is 0. The first-order chi connectivity index (χ1) is 12.2. The summed E-state index contributed by atoms with van der Waals surface area (Å²) in [5, 5.41) is 2.84. The minimum atomic E-state index is -0.0389. The van der Waals surface area contributed by atoms with E-state index in [9.17, 15) is 9.59 Å². The topological polar surface area (TPSA) is 75.4 Å². The van der Waals surface area contributed by atoms with Crippen molar-refractivity contribution in [2.24, 2.45) is 5.73 Å². The Hall–Kier alpha value is -2.37. The Labute approximate surface area is 160 Å². The lowest BCUT2D eigenvalue weighted by atomic mass is 10.1. The maximum Gasteiger partial charge on any atom is 0.231 e. The fourth-order valence-electron chi connectivity index (χ4n) is 3.06. The number of carbonyl (C=O) groups excluding carboxylic acids is 2. The van der Waals surface area contributed by atoms with Crippen LogP contribution in [0.25, 0.3) is 0 Å². The quantitative estimate of drug-likeness (QED) is 0.817. The average molecular weight is 374 g/mol. The van der Waals surface area contributed by atoms with Gasteiger partial charge in [0.15, 0.2) is 0 Å². The summed E-state index contributed by atoms with van der Waals surface area (Å²) < 4.78 is 0. The van der Waals surface area contributed by atoms with Gasteiger partial charge in [-0.05, 0) is 48.7 Å². The van der Waals surface area contributed by atoms with Gasteiger partial charge in [0.2, 0.25) is 11.8 Å². The molecule has 1 heterocycles. The largest absolute Gasteiger partial charge is 0.330 e. The molecule has 2 aromatic rings. The molecular formula is C20H24ClN3O2. The van der Waals surface area contributed by atoms with E-state index in [-0.39, 0.29) is 24.2 Å². The molecule has 0 saturated carbocycles. The minimum Gasteiger partial charge on any atom is -0.330 e. The number of hydrogen-bond acceptors (Lipinski definition) is 3. The van der Waals surface area contributed by atoms with E-state index in [0.717, 1.165) is 29.9 Å². The Kier molecular flexibility index (Phi) is 7.18. The smallest absolute Gasteiger partial charge is 0.231 e. The van der Waals surface area contributed by atoms with Crippen LogP contribution >= 0.6 is 12.4 Å². The summed E-state index contributed by atoms with van der Waals surface area (Å²) in [6.45, 7) is 1.25. The summed E-state index contributed by atoms with van der Waals surface area (Å²) >= 11 is 0. The van der Waals surface area contributed by atoms with Crippen LogP contribution in [0.1, 0.15) is 24.0 Å². The SMILES string of the molecule is Cl.NCCCC(=O)Nc1ccc(CC(=O)N2CCc3ccccc32)cc1. The number of nitrogens with zero attached hydrogens (tertiary/aromatic N) is 1. The van der Waals surface area contributed by atoms with Gasteiger partial charge in [-0.1, -0.05) is 30.3 Å². The predicted octanol–water partition coefficient (Wildman–Crippen LogP) is 2.92. The molecule has 0 bridgehead atoms. The van der Waals surface area contributed by atoms with Crippen LogP contribution in [-0.2, 0) is 22.4 Å². The molecule has 0 spiro atoms. The first-order valence-corrected chi connectivity index (χ1v) is 8.64. The van der Waals surface area contributed by atoms with Crippen LogP contribution in [0.5, 0.6) is 0 Å². The molecule has 26 heavy (non-hydrogen) atoms. The minimum absolute atomic E-state index is 0. The average Bonchev–Trinajstić information content (AvgIpc) is 3.06. The van der Waals surface area contributed by atoms with Crippen LogP contribution in [-0.4, -0.2) is 24.9 Å². The number of anilines is 2. The molecule has 6 heteroatoms. The zero-order valence-electron chi connectivity index (χ0n) is 14.6. The van der Waals surface area contributed by atoms with Crippen LogP contribution in [0.3, 0.4) is 0 Å². The maximum atomic E-state index is 12.6. The maximum absolute atomic E-state index is 12.6. The van der Waals surface area contributed by atoms with Crippen molar-refractivity contribution >= 4 is 35.6 Å². The lowest BCUT2D eigenvalue weighted by Crippen LogP contribution is -2.30. The molecule has 5 nitrogen and oxygen atoms in total. The Morgan fingerprint density at radius 1 is 1.08 bits per heavy atom. The second-order valence-corrected chi connectivity index (χ2v) is 6.24. The van der Waals surface area contributed by atoms with E-state index >= 15 is 0 Å². The Balaban J connectivity index is 0.00000243. The summed E-state index contributed by atoms with van der Waals surface area (Å²) in [6, 6.07) is 15.5. The number of hydrogen-bond donors (Lipinski definition) is 2. The van der Waals surface area contributed by atoms with Crippen molar-refractivity contribution in [3.63, 3.8) is 0 Å². The molecule has 3 N–H and O–H groups in total. The number of nitrogens with two attached hydrogens (primary N) is 1. The van der Waals surface area contributed by atoms with E-state index in [1.807, 2.05) is 47.4 Å². The van der Waals surface area contributed by atoms with E-state index < -0.39 is 0 Å². The van der Waals surface area contributed by atoms with Crippen LogP contribution in [0.2, 0.25) is 0 Å². The lowest BCUT2D eigenvalue weighted by Gasteiger charge is -2.17. The van der Waals surface area contributed by atoms with Gasteiger partial charge in [-0.2, -0.15) is 0 Å². The van der Waals surface area contributed by atoms with Crippen LogP contribution in [0, 0.1) is 0 Å². The molecule has 0 fully saturated rings. The van der Waals surface area contributed by atoms with Crippen molar-refractivity contribution in [2.45, 2.75) is 25.7 Å². The highest BCUT2D eigenvalue weighted by Gasteiger charge is 2.23. The van der Waals surface area contributed by atoms with E-state index in [2.05, 4.69) is 11.4 Å². The van der Waals surface area contributed by atoms with E-state index in [0.29, 0.717) is 25.8 Å². The van der Waals surface area contributed by atoms with Crippen molar-refractivity contribution in [2.75, 3.05) is 23.3 Å². The molecule has 0 unspecified atom stereocenters. The standard InChI is InChI=1S/C20H23N3O2.ClH/c21-12-3-6-19(24)22-17-9-7-15(8-10-17)14-20(25)23-13-11-16-4-1-2-5-18(16)23;/h1-2,4-5,7-10H,3,6,11-14,21H2,(H,22,24);1H. The normalized spacial score (nSPS) is 12.3. The van der Waals surface area contributed by atoms with Gasteiger partial charge in [0, 0.05) is 24.3 Å². The van der Waals surface area contributed by atoms with Gasteiger partial charge < -0.3 is 16.0 Å². The van der Waals surface area contributed by atoms with E-state index in [1.54, 1.807) is 0 Å². The molecule has 0 saturated heterocycles. The number of benzene rings is 2. The number of carbonyl (C=O) groups is 2. The summed E-state index contributed by atoms with van der Waals surface area (Å²) in [6.07, 6.45) is 2.37. The molecule has 138 valence electrons. The fraction of sp³-hybridized carbons (Fsp3) is 0.300. The fourth-order valence-corrected chi connectivity index (χ4v) is 3.06. The third-order valence-electron chi connectivity index (χ3n) is 4.39. The highest BCUT2D eigenvalue weighted by molar-refractivity contribution is 5.97. The summed E-state index contributed by atoms with van der Waals surface area (Å²) in [5.74, 6) is 0.0626. The number of rotatable bonds is 6. The number of amides is 2. The molecule has 2 amide bonds. The Bertz CT molecular complexity index is 762. The first kappa shape index (κ1) is 19.9. The second kappa shape index (κ2) is 9.36. The van der Waals surface area contributed by atoms with Crippen molar-refractivity contribution in [3.05, 3.63) is 59.7 Å². The third-order valence-corrected chi connectivity index (χ3v) is 4.39. The molecular weight excluding hydrogens is 350 g/mol. The number of fused-ring (bicyclic) bond motifs is 1. The molecule has 0 atom stereocenters. The second-order valence-electron chi connectivity index (χ2n) is 6.24. The van der Waals surface area contributed by atoms with Gasteiger partial charge in [0.25, 0.3) is 0 Å². The molecule has 1 aliphatic heterocycles. The van der Waals surface area contributed by atoms with Crippen molar-refractivity contribution in [1.82, 2.24) is 0 Å². The predicted molar refractivity (Wildman–Crippen MR) is 107 cm³/mol. The Morgan fingerprint density at radius 2 is 1.81 bits per heavy atom. The summed E-state index contributed by atoms with van der Waals surface area (Å²) in [4.78, 5) is 26.2. The van der Waals surface area contributed by atoms with Gasteiger partial charge in [-0.15, -0.1) is 12.4 Å². The zero-order chi connectivity index (χ0) is 17.6. The van der Waals surface area contributed by atoms with Gasteiger partial charge in [-0.25, -0.2) is 0 Å². The molecule has 1 aliphatic rings. The highest BCUT2D eigenvalue weighted by Crippen LogP contribution is 2.28. The first-order valence-electron chi connectivity index (χ1n) is 8.64. The molecule has 3 rings (SSSR count). The Morgan fingerprint density at radius 3 is 2.54 bits per heavy atom. The van der Waals surface area contributed by atoms with E-state index in [1.165, 1.54) is 5.56 Å². The zero-order valence-corrected chi connectivity index (χ0v) is 15.4. The van der Waals surface area contributed by atoms with E-state index in [4.69, 9.17) is 5.73 Å². The number of nitrogens with one attached hydrogen (secondary N) is 1. The molecule has 2 aromatic carbocycles. The van der Waals surface area contributed by atoms with Crippen LogP contribution < -0.4 is 16.0 Å². The van der Waals surface area contributed by atoms with Gasteiger partial charge in [-0.3, -0.25) is 9.59 Å². The van der Waals surface area contributed by atoms with Gasteiger partial charge >= 0.3 is 0 Å². The van der Waals surface area contributed by atoms with Crippen molar-refractivity contribution in [3.8, 4) is 0 Å². The molecule has 0 radical (unpaired) electrons. The van der Waals surface area contributed by atoms with Gasteiger partial charge in [0.05, 0.1) is 6.42 Å². The highest BCUT2D eigenvalue weighted by atomic mass is 35.5. The van der Waals surface area contributed by atoms with Crippen molar-refractivity contribution < 1.29 is 9.59 Å². The number of halogens is 1. The summed E-state index contributed by atoms with van der Waals surface area (Å²) in [5.41, 5.74) is 9.33. The number of para-hydroxylation sites is 1. The lowest BCUT2D eigenvalue weighted by molar-refractivity contribution is -0.118. The monoisotopic (exact) mass is 373 g/mol.